The lowest BCUT2D eigenvalue weighted by molar-refractivity contribution is -0.0436. The van der Waals surface area contributed by atoms with E-state index in [1.54, 1.807) is 0 Å². The highest BCUT2D eigenvalue weighted by Gasteiger charge is 2.46. The molecule has 0 unspecified atom stereocenters. The zero-order chi connectivity index (χ0) is 17.5. The van der Waals surface area contributed by atoms with Crippen molar-refractivity contribution >= 4 is 19.9 Å². The Hall–Kier alpha value is -1.91. The molecule has 0 aliphatic rings. The smallest absolute Gasteiger partial charge is 0.225 e. The summed E-state index contributed by atoms with van der Waals surface area (Å²) in [6.07, 6.45) is 0. The minimum Gasteiger partial charge on any atom is -0.225 e. The van der Waals surface area contributed by atoms with Gasteiger partial charge in [0.15, 0.2) is 0 Å². The Morgan fingerprint density at radius 3 is 1.35 bits per heavy atom. The summed E-state index contributed by atoms with van der Waals surface area (Å²) in [6, 6.07) is 9.38. The third kappa shape index (κ3) is 3.54. The Morgan fingerprint density at radius 1 is 0.696 bits per heavy atom. The van der Waals surface area contributed by atoms with E-state index in [2.05, 4.69) is 0 Å². The van der Waals surface area contributed by atoms with Gasteiger partial charge < -0.3 is 0 Å². The van der Waals surface area contributed by atoms with Crippen molar-refractivity contribution in [3.05, 3.63) is 48.5 Å². The lowest BCUT2D eigenvalue weighted by Crippen LogP contribution is -2.23. The van der Waals surface area contributed by atoms with Crippen molar-refractivity contribution in [2.24, 2.45) is 5.14 Å². The van der Waals surface area contributed by atoms with Crippen LogP contribution in [0.2, 0.25) is 0 Å². The number of nitrogens with two attached hydrogens (primary N) is 1. The van der Waals surface area contributed by atoms with Gasteiger partial charge in [-0.15, -0.1) is 0 Å². The summed E-state index contributed by atoms with van der Waals surface area (Å²) in [6.45, 7) is 0. The second-order valence-corrected chi connectivity index (χ2v) is 8.05. The van der Waals surface area contributed by atoms with E-state index in [4.69, 9.17) is 5.14 Å². The van der Waals surface area contributed by atoms with E-state index in [9.17, 15) is 30.0 Å². The maximum atomic E-state index is 12.4. The van der Waals surface area contributed by atoms with E-state index in [-0.39, 0.29) is 4.90 Å². The molecule has 2 aromatic carbocycles. The molecule has 10 heteroatoms. The average molecular weight is 365 g/mol. The summed E-state index contributed by atoms with van der Waals surface area (Å²) in [5.74, 6) is 0. The minimum atomic E-state index is -5.40. The number of sulfonamides is 1. The molecular weight excluding hydrogens is 355 g/mol. The second kappa shape index (κ2) is 5.62. The molecule has 0 aliphatic heterocycles. The van der Waals surface area contributed by atoms with Crippen LogP contribution in [0.1, 0.15) is 0 Å². The largest absolute Gasteiger partial charge is 0.501 e. The maximum absolute atomic E-state index is 12.4. The van der Waals surface area contributed by atoms with Crippen molar-refractivity contribution in [3.8, 4) is 11.1 Å². The van der Waals surface area contributed by atoms with Crippen molar-refractivity contribution < 1.29 is 30.0 Å². The van der Waals surface area contributed by atoms with Gasteiger partial charge in [-0.2, -0.15) is 13.2 Å². The molecule has 0 radical (unpaired) electrons. The van der Waals surface area contributed by atoms with Crippen molar-refractivity contribution in [1.29, 1.82) is 0 Å². The molecule has 0 bridgehead atoms. The fourth-order valence-electron chi connectivity index (χ4n) is 1.80. The standard InChI is InChI=1S/C13H10F3NO4S2/c14-13(15,16)22(18,19)11-5-1-9(2-6-11)10-3-7-12(8-4-10)23(17,20)21/h1-8H,(H2,17,20,21). The predicted molar refractivity (Wildman–Crippen MR) is 76.5 cm³/mol. The molecule has 0 saturated heterocycles. The van der Waals surface area contributed by atoms with E-state index < -0.39 is 30.3 Å². The van der Waals surface area contributed by atoms with Crippen LogP contribution in [0, 0.1) is 0 Å². The van der Waals surface area contributed by atoms with Crippen LogP contribution in [-0.2, 0) is 19.9 Å². The van der Waals surface area contributed by atoms with Crippen molar-refractivity contribution in [2.45, 2.75) is 15.3 Å². The number of hydrogen-bond donors (Lipinski definition) is 1. The third-order valence-corrected chi connectivity index (χ3v) is 5.42. The topological polar surface area (TPSA) is 94.3 Å². The van der Waals surface area contributed by atoms with E-state index in [1.165, 1.54) is 36.4 Å². The lowest BCUT2D eigenvalue weighted by Gasteiger charge is -2.09. The Bertz CT molecular complexity index is 917. The Labute approximate surface area is 130 Å². The van der Waals surface area contributed by atoms with Gasteiger partial charge in [0.05, 0.1) is 9.79 Å². The zero-order valence-corrected chi connectivity index (χ0v) is 12.9. The summed E-state index contributed by atoms with van der Waals surface area (Å²) >= 11 is 0. The maximum Gasteiger partial charge on any atom is 0.501 e. The Kier molecular flexibility index (Phi) is 4.26. The molecule has 23 heavy (non-hydrogen) atoms. The number of sulfone groups is 1. The van der Waals surface area contributed by atoms with Crippen molar-refractivity contribution in [2.75, 3.05) is 0 Å². The minimum absolute atomic E-state index is 0.113. The summed E-state index contributed by atoms with van der Waals surface area (Å²) in [5.41, 5.74) is -4.45. The van der Waals surface area contributed by atoms with Gasteiger partial charge in [-0.1, -0.05) is 24.3 Å². The van der Waals surface area contributed by atoms with Gasteiger partial charge in [-0.25, -0.2) is 22.0 Å². The average Bonchev–Trinajstić information content (AvgIpc) is 2.45. The normalized spacial score (nSPS) is 13.0. The molecule has 2 N–H and O–H groups in total. The SMILES string of the molecule is NS(=O)(=O)c1ccc(-c2ccc(S(=O)(=O)C(F)(F)F)cc2)cc1. The first-order chi connectivity index (χ1) is 10.4. The molecular formula is C13H10F3NO4S2. The van der Waals surface area contributed by atoms with Gasteiger partial charge in [0, 0.05) is 0 Å². The van der Waals surface area contributed by atoms with Crippen LogP contribution in [-0.4, -0.2) is 22.3 Å². The van der Waals surface area contributed by atoms with Crippen LogP contribution >= 0.6 is 0 Å². The number of hydrogen-bond acceptors (Lipinski definition) is 4. The van der Waals surface area contributed by atoms with Gasteiger partial charge >= 0.3 is 5.51 Å². The summed E-state index contributed by atoms with van der Waals surface area (Å²) in [5, 5.41) is 4.95. The monoisotopic (exact) mass is 365 g/mol. The number of benzene rings is 2. The highest BCUT2D eigenvalue weighted by molar-refractivity contribution is 7.92. The molecule has 0 fully saturated rings. The van der Waals surface area contributed by atoms with Crippen LogP contribution in [0.25, 0.3) is 11.1 Å². The van der Waals surface area contributed by atoms with Crippen LogP contribution in [0.15, 0.2) is 58.3 Å². The third-order valence-electron chi connectivity index (χ3n) is 2.99. The molecule has 0 spiro atoms. The molecule has 0 atom stereocenters. The summed E-state index contributed by atoms with van der Waals surface area (Å²) in [4.78, 5) is -0.979. The highest BCUT2D eigenvalue weighted by atomic mass is 32.2. The van der Waals surface area contributed by atoms with E-state index in [0.29, 0.717) is 11.1 Å². The van der Waals surface area contributed by atoms with E-state index in [0.717, 1.165) is 12.1 Å². The molecule has 0 aliphatic carbocycles. The van der Waals surface area contributed by atoms with Gasteiger partial charge in [-0.3, -0.25) is 0 Å². The number of halogens is 3. The molecule has 0 aromatic heterocycles. The van der Waals surface area contributed by atoms with E-state index in [1.807, 2.05) is 0 Å². The van der Waals surface area contributed by atoms with Crippen LogP contribution in [0.4, 0.5) is 13.2 Å². The Morgan fingerprint density at radius 2 is 1.04 bits per heavy atom. The molecule has 0 saturated carbocycles. The quantitative estimate of drug-likeness (QED) is 0.903. The number of primary sulfonamides is 1. The van der Waals surface area contributed by atoms with Crippen LogP contribution < -0.4 is 5.14 Å². The zero-order valence-electron chi connectivity index (χ0n) is 11.3. The summed E-state index contributed by atoms with van der Waals surface area (Å²) in [7, 11) is -9.25. The fourth-order valence-corrected chi connectivity index (χ4v) is 3.07. The molecule has 0 amide bonds. The second-order valence-electron chi connectivity index (χ2n) is 4.54. The fraction of sp³-hybridized carbons (Fsp3) is 0.0769. The van der Waals surface area contributed by atoms with Crippen molar-refractivity contribution in [1.82, 2.24) is 0 Å². The molecule has 124 valence electrons. The molecule has 2 aromatic rings. The summed E-state index contributed by atoms with van der Waals surface area (Å²) < 4.78 is 82.1. The molecule has 0 heterocycles. The predicted octanol–water partition coefficient (Wildman–Crippen LogP) is 2.29. The molecule has 5 nitrogen and oxygen atoms in total. The Balaban J connectivity index is 2.38. The van der Waals surface area contributed by atoms with Gasteiger partial charge in [0.1, 0.15) is 0 Å². The first kappa shape index (κ1) is 17.4. The number of rotatable bonds is 3. The highest BCUT2D eigenvalue weighted by Crippen LogP contribution is 2.31. The van der Waals surface area contributed by atoms with Gasteiger partial charge in [-0.05, 0) is 35.4 Å². The van der Waals surface area contributed by atoms with E-state index >= 15 is 0 Å². The van der Waals surface area contributed by atoms with Crippen LogP contribution in [0.3, 0.4) is 0 Å². The molecule has 2 rings (SSSR count). The van der Waals surface area contributed by atoms with Gasteiger partial charge in [0.2, 0.25) is 10.0 Å². The number of alkyl halides is 3. The van der Waals surface area contributed by atoms with Gasteiger partial charge in [0.25, 0.3) is 9.84 Å². The van der Waals surface area contributed by atoms with Crippen molar-refractivity contribution in [3.63, 3.8) is 0 Å². The first-order valence-corrected chi connectivity index (χ1v) is 9.00. The lowest BCUT2D eigenvalue weighted by atomic mass is 10.1. The first-order valence-electron chi connectivity index (χ1n) is 5.97. The van der Waals surface area contributed by atoms with Crippen LogP contribution in [0.5, 0.6) is 0 Å².